The first kappa shape index (κ1) is 36.6. The van der Waals surface area contributed by atoms with Gasteiger partial charge in [-0.25, -0.2) is 0 Å². The summed E-state index contributed by atoms with van der Waals surface area (Å²) < 4.78 is 59.2. The maximum absolute atomic E-state index is 5.45. The Labute approximate surface area is 228 Å². The summed E-state index contributed by atoms with van der Waals surface area (Å²) in [6.07, 6.45) is 1.71. The molecule has 0 saturated heterocycles. The van der Waals surface area contributed by atoms with E-state index < -0.39 is 0 Å². The molecule has 0 unspecified atom stereocenters. The van der Waals surface area contributed by atoms with E-state index in [1.807, 2.05) is 0 Å². The van der Waals surface area contributed by atoms with Gasteiger partial charge in [-0.2, -0.15) is 12.6 Å². The van der Waals surface area contributed by atoms with E-state index in [0.717, 1.165) is 5.75 Å². The molecule has 0 heterocycles. The minimum absolute atomic E-state index is 0.519. The van der Waals surface area contributed by atoms with Crippen molar-refractivity contribution < 1.29 is 52.1 Å². The van der Waals surface area contributed by atoms with E-state index in [1.165, 1.54) is 0 Å². The first-order valence-electron chi connectivity index (χ1n) is 13.0. The molecule has 0 aliphatic rings. The molecule has 0 N–H and O–H groups in total. The van der Waals surface area contributed by atoms with Crippen molar-refractivity contribution in [3.05, 3.63) is 12.7 Å². The number of thiol groups is 1. The van der Waals surface area contributed by atoms with Gasteiger partial charge in [-0.05, 0) is 0 Å². The van der Waals surface area contributed by atoms with E-state index in [4.69, 9.17) is 52.1 Å². The van der Waals surface area contributed by atoms with Gasteiger partial charge in [-0.1, -0.05) is 6.08 Å². The molecule has 11 nitrogen and oxygen atoms in total. The van der Waals surface area contributed by atoms with E-state index in [2.05, 4.69) is 19.2 Å². The molecule has 222 valence electrons. The molecule has 37 heavy (non-hydrogen) atoms. The largest absolute Gasteiger partial charge is 0.378 e. The third kappa shape index (κ3) is 35.6. The highest BCUT2D eigenvalue weighted by Crippen LogP contribution is 1.87. The van der Waals surface area contributed by atoms with Crippen LogP contribution in [0.25, 0.3) is 0 Å². The standard InChI is InChI=1S/C25H50O11S/c1-2-3-26-4-5-27-6-7-28-8-9-29-10-11-30-12-13-31-14-15-32-16-17-33-18-19-34-20-21-35-22-23-36-24-25-37/h2,37H,1,3-25H2. The van der Waals surface area contributed by atoms with E-state index in [1.54, 1.807) is 6.08 Å². The Morgan fingerprint density at radius 3 is 0.703 bits per heavy atom. The zero-order valence-corrected chi connectivity index (χ0v) is 23.4. The van der Waals surface area contributed by atoms with Crippen molar-refractivity contribution in [2.75, 3.05) is 151 Å². The predicted molar refractivity (Wildman–Crippen MR) is 143 cm³/mol. The molecule has 0 aromatic carbocycles. The van der Waals surface area contributed by atoms with E-state index in [9.17, 15) is 0 Å². The quantitative estimate of drug-likeness (QED) is 0.0702. The molecule has 0 bridgehead atoms. The van der Waals surface area contributed by atoms with Crippen molar-refractivity contribution in [2.24, 2.45) is 0 Å². The fourth-order valence-electron chi connectivity index (χ4n) is 2.43. The maximum atomic E-state index is 5.45. The lowest BCUT2D eigenvalue weighted by Gasteiger charge is -2.09. The van der Waals surface area contributed by atoms with Crippen LogP contribution in [0, 0.1) is 0 Å². The van der Waals surface area contributed by atoms with Crippen molar-refractivity contribution >= 4 is 12.6 Å². The van der Waals surface area contributed by atoms with Crippen LogP contribution in [0.4, 0.5) is 0 Å². The van der Waals surface area contributed by atoms with Gasteiger partial charge in [0.25, 0.3) is 0 Å². The Kier molecular flexibility index (Phi) is 35.3. The summed E-state index contributed by atoms with van der Waals surface area (Å²) in [6.45, 7) is 15.5. The third-order valence-electron chi connectivity index (χ3n) is 4.19. The van der Waals surface area contributed by atoms with Crippen molar-refractivity contribution in [1.29, 1.82) is 0 Å². The number of hydrogen-bond donors (Lipinski definition) is 1. The van der Waals surface area contributed by atoms with Gasteiger partial charge < -0.3 is 52.1 Å². The number of hydrogen-bond acceptors (Lipinski definition) is 12. The van der Waals surface area contributed by atoms with Gasteiger partial charge >= 0.3 is 0 Å². The highest BCUT2D eigenvalue weighted by atomic mass is 32.1. The summed E-state index contributed by atoms with van der Waals surface area (Å²) in [4.78, 5) is 0. The van der Waals surface area contributed by atoms with Crippen molar-refractivity contribution in [2.45, 2.75) is 0 Å². The zero-order valence-electron chi connectivity index (χ0n) is 22.5. The molecular formula is C25H50O11S. The topological polar surface area (TPSA) is 102 Å². The van der Waals surface area contributed by atoms with Gasteiger partial charge in [0.15, 0.2) is 0 Å². The van der Waals surface area contributed by atoms with Gasteiger partial charge in [-0.3, -0.25) is 0 Å². The molecule has 0 aromatic rings. The predicted octanol–water partition coefficient (Wildman–Crippen LogP) is 1.28. The molecule has 0 fully saturated rings. The molecule has 0 amide bonds. The lowest BCUT2D eigenvalue weighted by Crippen LogP contribution is -2.15. The Morgan fingerprint density at radius 1 is 0.324 bits per heavy atom. The van der Waals surface area contributed by atoms with Gasteiger partial charge in [0.1, 0.15) is 0 Å². The fourth-order valence-corrected chi connectivity index (χ4v) is 2.56. The molecule has 0 atom stereocenters. The third-order valence-corrected chi connectivity index (χ3v) is 4.37. The van der Waals surface area contributed by atoms with Crippen molar-refractivity contribution in [3.8, 4) is 0 Å². The van der Waals surface area contributed by atoms with Crippen LogP contribution in [0.5, 0.6) is 0 Å². The van der Waals surface area contributed by atoms with Crippen LogP contribution >= 0.6 is 12.6 Å². The Hall–Kier alpha value is -0.350. The molecular weight excluding hydrogens is 508 g/mol. The second kappa shape index (κ2) is 35.6. The van der Waals surface area contributed by atoms with Crippen LogP contribution in [0.1, 0.15) is 0 Å². The molecule has 0 rings (SSSR count). The van der Waals surface area contributed by atoms with Crippen LogP contribution in [0.15, 0.2) is 12.7 Å². The van der Waals surface area contributed by atoms with E-state index >= 15 is 0 Å². The summed E-state index contributed by atoms with van der Waals surface area (Å²) in [6, 6.07) is 0. The van der Waals surface area contributed by atoms with Gasteiger partial charge in [0.05, 0.1) is 145 Å². The van der Waals surface area contributed by atoms with Crippen LogP contribution in [-0.4, -0.2) is 151 Å². The fraction of sp³-hybridized carbons (Fsp3) is 0.920. The van der Waals surface area contributed by atoms with Gasteiger partial charge in [-0.15, -0.1) is 6.58 Å². The summed E-state index contributed by atoms with van der Waals surface area (Å²) >= 11 is 4.06. The monoisotopic (exact) mass is 558 g/mol. The summed E-state index contributed by atoms with van der Waals surface area (Å²) in [7, 11) is 0. The lowest BCUT2D eigenvalue weighted by atomic mass is 10.6. The van der Waals surface area contributed by atoms with Crippen molar-refractivity contribution in [1.82, 2.24) is 0 Å². The average Bonchev–Trinajstić information content (AvgIpc) is 2.91. The number of ether oxygens (including phenoxy) is 11. The molecule has 0 aromatic heterocycles. The van der Waals surface area contributed by atoms with E-state index in [-0.39, 0.29) is 0 Å². The second-order valence-electron chi connectivity index (χ2n) is 7.21. The Morgan fingerprint density at radius 2 is 0.514 bits per heavy atom. The average molecular weight is 559 g/mol. The van der Waals surface area contributed by atoms with Gasteiger partial charge in [0, 0.05) is 5.75 Å². The molecule has 0 spiro atoms. The second-order valence-corrected chi connectivity index (χ2v) is 7.66. The smallest absolute Gasteiger partial charge is 0.0704 e. The van der Waals surface area contributed by atoms with Crippen LogP contribution in [0.3, 0.4) is 0 Å². The van der Waals surface area contributed by atoms with Crippen LogP contribution in [0.2, 0.25) is 0 Å². The molecule has 0 aliphatic carbocycles. The molecule has 0 saturated carbocycles. The van der Waals surface area contributed by atoms with Crippen LogP contribution < -0.4 is 0 Å². The highest BCUT2D eigenvalue weighted by Gasteiger charge is 1.96. The summed E-state index contributed by atoms with van der Waals surface area (Å²) in [5.74, 6) is 0.722. The van der Waals surface area contributed by atoms with Gasteiger partial charge in [0.2, 0.25) is 0 Å². The minimum atomic E-state index is 0.519. The Bertz CT molecular complexity index is 422. The van der Waals surface area contributed by atoms with Crippen LogP contribution in [-0.2, 0) is 52.1 Å². The number of rotatable bonds is 34. The first-order valence-corrected chi connectivity index (χ1v) is 13.6. The Balaban J connectivity index is 3.01. The summed E-state index contributed by atoms with van der Waals surface area (Å²) in [5.41, 5.74) is 0. The van der Waals surface area contributed by atoms with E-state index in [0.29, 0.717) is 145 Å². The van der Waals surface area contributed by atoms with Crippen molar-refractivity contribution in [3.63, 3.8) is 0 Å². The molecule has 0 radical (unpaired) electrons. The summed E-state index contributed by atoms with van der Waals surface area (Å²) in [5, 5.41) is 0. The maximum Gasteiger partial charge on any atom is 0.0704 e. The molecule has 0 aliphatic heterocycles. The lowest BCUT2D eigenvalue weighted by molar-refractivity contribution is -0.0271. The molecule has 12 heteroatoms. The SMILES string of the molecule is C=CCOCCOCCOCCOCCOCCOCCOCCOCCOCCOCCOCCS. The highest BCUT2D eigenvalue weighted by molar-refractivity contribution is 7.80. The minimum Gasteiger partial charge on any atom is -0.378 e. The zero-order chi connectivity index (χ0) is 26.7. The first-order chi connectivity index (χ1) is 18.4. The normalized spacial score (nSPS) is 11.4.